The number of imidazole rings is 1. The summed E-state index contributed by atoms with van der Waals surface area (Å²) in [6.07, 6.45) is 10.4. The summed E-state index contributed by atoms with van der Waals surface area (Å²) < 4.78 is 34.2. The monoisotopic (exact) mass is 796 g/mol. The lowest BCUT2D eigenvalue weighted by Gasteiger charge is -2.40. The summed E-state index contributed by atoms with van der Waals surface area (Å²) in [5.74, 6) is -1.98. The molecule has 4 N–H and O–H groups in total. The van der Waals surface area contributed by atoms with E-state index in [4.69, 9.17) is 5.73 Å². The van der Waals surface area contributed by atoms with Crippen LogP contribution in [0.1, 0.15) is 77.9 Å². The van der Waals surface area contributed by atoms with Crippen LogP contribution >= 0.6 is 11.3 Å². The minimum Gasteiger partial charge on any atom is -0.399 e. The lowest BCUT2D eigenvalue weighted by atomic mass is 9.87. The number of fused-ring (bicyclic) bond motifs is 2. The van der Waals surface area contributed by atoms with E-state index in [1.165, 1.54) is 28.4 Å². The Kier molecular flexibility index (Phi) is 9.51. The van der Waals surface area contributed by atoms with E-state index >= 15 is 4.39 Å². The Morgan fingerprint density at radius 3 is 2.60 bits per heavy atom. The minimum atomic E-state index is -1.16. The largest absolute Gasteiger partial charge is 0.399 e. The molecular weight excluding hydrogens is 755 g/mol. The van der Waals surface area contributed by atoms with Gasteiger partial charge in [0.05, 0.1) is 48.5 Å². The zero-order valence-corrected chi connectivity index (χ0v) is 31.9. The van der Waals surface area contributed by atoms with Crippen molar-refractivity contribution < 1.29 is 28.3 Å². The molecule has 57 heavy (non-hydrogen) atoms. The molecule has 296 valence electrons. The van der Waals surface area contributed by atoms with E-state index < -0.39 is 35.1 Å². The number of halogens is 2. The van der Waals surface area contributed by atoms with Crippen molar-refractivity contribution in [2.75, 3.05) is 42.1 Å². The molecule has 3 amide bonds. The molecule has 5 aromatic rings. The van der Waals surface area contributed by atoms with Crippen LogP contribution < -0.4 is 16.0 Å². The summed E-state index contributed by atoms with van der Waals surface area (Å²) >= 11 is 1.26. The minimum absolute atomic E-state index is 0.00334. The summed E-state index contributed by atoms with van der Waals surface area (Å²) in [5, 5.41) is 20.9. The highest BCUT2D eigenvalue weighted by atomic mass is 32.1. The smallest absolute Gasteiger partial charge is 0.255 e. The van der Waals surface area contributed by atoms with Crippen LogP contribution in [0.3, 0.4) is 0 Å². The van der Waals surface area contributed by atoms with Crippen molar-refractivity contribution in [1.29, 1.82) is 0 Å². The van der Waals surface area contributed by atoms with Crippen LogP contribution in [0.4, 0.5) is 25.3 Å². The number of aryl methyl sites for hydroxylation is 1. The Morgan fingerprint density at radius 2 is 1.84 bits per heavy atom. The van der Waals surface area contributed by atoms with E-state index in [2.05, 4.69) is 20.4 Å². The van der Waals surface area contributed by atoms with E-state index in [1.807, 2.05) is 20.3 Å². The molecule has 0 bridgehead atoms. The maximum Gasteiger partial charge on any atom is 0.255 e. The van der Waals surface area contributed by atoms with Gasteiger partial charge in [0.1, 0.15) is 11.6 Å². The van der Waals surface area contributed by atoms with Crippen LogP contribution in [-0.4, -0.2) is 88.7 Å². The third kappa shape index (κ3) is 7.03. The number of nitrogen functional groups attached to an aromatic ring is 1. The first-order valence-electron chi connectivity index (χ1n) is 19.3. The second kappa shape index (κ2) is 14.7. The number of rotatable bonds is 9. The normalized spacial score (nSPS) is 18.5. The Hall–Kier alpha value is -5.68. The maximum absolute atomic E-state index is 15.9. The van der Waals surface area contributed by atoms with Gasteiger partial charge in [0.15, 0.2) is 11.2 Å². The van der Waals surface area contributed by atoms with Crippen LogP contribution in [0.15, 0.2) is 60.6 Å². The van der Waals surface area contributed by atoms with Gasteiger partial charge in [0, 0.05) is 78.6 Å². The van der Waals surface area contributed by atoms with Crippen LogP contribution in [0.2, 0.25) is 0 Å². The van der Waals surface area contributed by atoms with Crippen molar-refractivity contribution >= 4 is 45.6 Å². The first kappa shape index (κ1) is 36.9. The summed E-state index contributed by atoms with van der Waals surface area (Å²) in [4.78, 5) is 55.0. The molecular formula is C40H42F2N10O4S. The Balaban J connectivity index is 0.845. The number of piperidine rings is 2. The van der Waals surface area contributed by atoms with Gasteiger partial charge in [-0.1, -0.05) is 0 Å². The summed E-state index contributed by atoms with van der Waals surface area (Å²) in [5.41, 5.74) is 8.24. The topological polar surface area (TPSA) is 168 Å². The lowest BCUT2D eigenvalue weighted by Crippen LogP contribution is -2.49. The van der Waals surface area contributed by atoms with Crippen LogP contribution in [0.5, 0.6) is 0 Å². The van der Waals surface area contributed by atoms with Crippen molar-refractivity contribution in [3.63, 3.8) is 0 Å². The van der Waals surface area contributed by atoms with Crippen LogP contribution in [0.25, 0.3) is 11.1 Å². The van der Waals surface area contributed by atoms with E-state index in [0.717, 1.165) is 25.1 Å². The molecule has 4 aliphatic heterocycles. The second-order valence-corrected chi connectivity index (χ2v) is 16.3. The molecule has 1 atom stereocenters. The van der Waals surface area contributed by atoms with Gasteiger partial charge in [0.2, 0.25) is 5.91 Å². The zero-order valence-electron chi connectivity index (χ0n) is 31.1. The summed E-state index contributed by atoms with van der Waals surface area (Å²) in [7, 11) is 0. The number of nitrogens with zero attached hydrogens (tertiary/aromatic N) is 8. The number of likely N-dealkylation sites (tertiary alicyclic amines) is 1. The third-order valence-electron chi connectivity index (χ3n) is 11.9. The molecule has 0 spiro atoms. The number of hydrogen-bond acceptors (Lipinski definition) is 10. The Morgan fingerprint density at radius 1 is 1.04 bits per heavy atom. The molecule has 0 aliphatic carbocycles. The van der Waals surface area contributed by atoms with Crippen molar-refractivity contribution in [2.24, 2.45) is 0 Å². The number of aromatic nitrogens is 5. The lowest BCUT2D eigenvalue weighted by molar-refractivity contribution is -0.138. The molecule has 0 radical (unpaired) electrons. The fraction of sp³-hybridized carbons (Fsp3) is 0.400. The fourth-order valence-electron chi connectivity index (χ4n) is 8.75. The van der Waals surface area contributed by atoms with Gasteiger partial charge in [0.25, 0.3) is 11.8 Å². The highest BCUT2D eigenvalue weighted by Gasteiger charge is 2.42. The number of nitrogens with two attached hydrogens (primary N) is 1. The Bertz CT molecular complexity index is 2350. The first-order chi connectivity index (χ1) is 27.5. The number of anilines is 3. The van der Waals surface area contributed by atoms with Gasteiger partial charge in [-0.15, -0.1) is 11.3 Å². The molecule has 17 heteroatoms. The molecule has 7 heterocycles. The van der Waals surface area contributed by atoms with Crippen LogP contribution in [0, 0.1) is 11.6 Å². The first-order valence-corrected chi connectivity index (χ1v) is 20.1. The molecule has 0 saturated carbocycles. The number of thiazole rings is 1. The summed E-state index contributed by atoms with van der Waals surface area (Å²) in [6, 6.07) is 6.56. The average molecular weight is 797 g/mol. The van der Waals surface area contributed by atoms with Crippen LogP contribution in [-0.2, 0) is 29.1 Å². The quantitative estimate of drug-likeness (QED) is 0.175. The van der Waals surface area contributed by atoms with Crippen molar-refractivity contribution in [3.8, 4) is 11.1 Å². The highest BCUT2D eigenvalue weighted by molar-refractivity contribution is 7.13. The molecule has 2 aromatic carbocycles. The number of nitrogens with one attached hydrogen (secondary N) is 1. The number of amides is 3. The predicted octanol–water partition coefficient (Wildman–Crippen LogP) is 4.93. The molecule has 2 fully saturated rings. The van der Waals surface area contributed by atoms with Gasteiger partial charge in [-0.3, -0.25) is 24.4 Å². The van der Waals surface area contributed by atoms with Gasteiger partial charge < -0.3 is 30.1 Å². The maximum atomic E-state index is 15.9. The molecule has 3 aromatic heterocycles. The van der Waals surface area contributed by atoms with E-state index in [9.17, 15) is 23.9 Å². The number of carbonyl (C=O) groups is 3. The van der Waals surface area contributed by atoms with Gasteiger partial charge >= 0.3 is 0 Å². The van der Waals surface area contributed by atoms with E-state index in [0.29, 0.717) is 85.2 Å². The zero-order chi connectivity index (χ0) is 39.4. The van der Waals surface area contributed by atoms with E-state index in [1.54, 1.807) is 47.2 Å². The Labute approximate surface area is 330 Å². The SMILES string of the molecule is Nc1ccc(N2CCC(O)(CC(=O)N3CCC(n4cc(-c5cc(F)c6c(c5)C(=O)N(C(C(=O)Nc5nccs5)c5ncn7c5CCC7)C6)cn4)CC3)CC2)c(F)c1. The molecule has 1 unspecified atom stereocenters. The van der Waals surface area contributed by atoms with Gasteiger partial charge in [-0.2, -0.15) is 5.10 Å². The molecule has 2 saturated heterocycles. The van der Waals surface area contributed by atoms with Gasteiger partial charge in [-0.25, -0.2) is 18.7 Å². The molecule has 4 aliphatic rings. The number of aliphatic hydroxyl groups is 1. The highest BCUT2D eigenvalue weighted by Crippen LogP contribution is 2.39. The van der Waals surface area contributed by atoms with Crippen molar-refractivity contribution in [3.05, 3.63) is 94.8 Å². The summed E-state index contributed by atoms with van der Waals surface area (Å²) in [6.45, 7) is 2.53. The van der Waals surface area contributed by atoms with Gasteiger partial charge in [-0.05, 0) is 74.4 Å². The fourth-order valence-corrected chi connectivity index (χ4v) is 9.28. The standard InChI is InChI=1S/C40H42F2N10O4S/c41-30-17-24(16-28-29(30)22-51(38(28)55)36(37(54)47-39-44-9-15-57-39)35-33-2-1-10-50(33)23-45-35)25-20-46-52(21-25)27-5-11-49(12-6-27)34(53)19-40(56)7-13-48(14-8-40)32-4-3-26(43)18-31(32)42/h3-4,9,15-18,20-21,23,27,36,56H,1-2,5-8,10-14,19,22,43H2,(H,44,47,54). The van der Waals surface area contributed by atoms with Crippen molar-refractivity contribution in [2.45, 2.75) is 75.7 Å². The average Bonchev–Trinajstić information content (AvgIpc) is 4.05. The predicted molar refractivity (Wildman–Crippen MR) is 208 cm³/mol. The number of benzene rings is 2. The molecule has 14 nitrogen and oxygen atoms in total. The number of hydrogen-bond donors (Lipinski definition) is 3. The van der Waals surface area contributed by atoms with Crippen molar-refractivity contribution in [1.82, 2.24) is 34.1 Å². The second-order valence-electron chi connectivity index (χ2n) is 15.4. The molecule has 9 rings (SSSR count). The third-order valence-corrected chi connectivity index (χ3v) is 12.6. The van der Waals surface area contributed by atoms with E-state index in [-0.39, 0.29) is 36.0 Å². The number of carbonyl (C=O) groups excluding carboxylic acids is 3.